The lowest BCUT2D eigenvalue weighted by Gasteiger charge is -2.09. The topological polar surface area (TPSA) is 95.3 Å². The van der Waals surface area contributed by atoms with Crippen LogP contribution in [-0.4, -0.2) is 58.5 Å². The lowest BCUT2D eigenvalue weighted by Crippen LogP contribution is -2.28. The number of thioether (sulfide) groups is 1. The highest BCUT2D eigenvalue weighted by molar-refractivity contribution is 7.99. The van der Waals surface area contributed by atoms with Crippen LogP contribution in [0.5, 0.6) is 0 Å². The highest BCUT2D eigenvalue weighted by atomic mass is 32.2. The molecular formula is C22H26N4O4S. The molecule has 0 radical (unpaired) electrons. The zero-order chi connectivity index (χ0) is 22.1. The number of benzene rings is 1. The second-order valence-electron chi connectivity index (χ2n) is 6.56. The second kappa shape index (κ2) is 11.5. The highest BCUT2D eigenvalue weighted by Gasteiger charge is 2.16. The van der Waals surface area contributed by atoms with Crippen LogP contribution in [0.2, 0.25) is 0 Å². The molecule has 164 valence electrons. The average molecular weight is 443 g/mol. The molecule has 31 heavy (non-hydrogen) atoms. The number of pyridine rings is 1. The Morgan fingerprint density at radius 3 is 2.77 bits per heavy atom. The molecule has 0 saturated heterocycles. The summed E-state index contributed by atoms with van der Waals surface area (Å²) in [4.78, 5) is 33.4. The van der Waals surface area contributed by atoms with Gasteiger partial charge in [-0.2, -0.15) is 0 Å². The number of esters is 1. The largest absolute Gasteiger partial charge is 0.462 e. The van der Waals surface area contributed by atoms with Gasteiger partial charge in [-0.15, -0.1) is 0 Å². The molecular weight excluding hydrogens is 416 g/mol. The van der Waals surface area contributed by atoms with Crippen molar-refractivity contribution < 1.29 is 19.1 Å². The first kappa shape index (κ1) is 22.8. The Labute approximate surface area is 185 Å². The van der Waals surface area contributed by atoms with Crippen LogP contribution in [0, 0.1) is 0 Å². The van der Waals surface area contributed by atoms with E-state index in [0.717, 1.165) is 11.2 Å². The van der Waals surface area contributed by atoms with Gasteiger partial charge in [-0.3, -0.25) is 9.78 Å². The molecule has 2 aromatic heterocycles. The number of carbonyl (C=O) groups is 2. The number of carbonyl (C=O) groups excluding carboxylic acids is 2. The van der Waals surface area contributed by atoms with Crippen LogP contribution in [0.1, 0.15) is 29.9 Å². The summed E-state index contributed by atoms with van der Waals surface area (Å²) < 4.78 is 12.3. The number of rotatable bonds is 11. The number of nitrogens with zero attached hydrogens (tertiary/aromatic N) is 3. The fourth-order valence-corrected chi connectivity index (χ4v) is 3.80. The zero-order valence-corrected chi connectivity index (χ0v) is 18.5. The third kappa shape index (κ3) is 6.28. The van der Waals surface area contributed by atoms with Gasteiger partial charge in [0.25, 0.3) is 0 Å². The second-order valence-corrected chi connectivity index (χ2v) is 7.50. The van der Waals surface area contributed by atoms with Crippen molar-refractivity contribution in [2.24, 2.45) is 0 Å². The maximum atomic E-state index is 12.2. The minimum atomic E-state index is -0.383. The first-order chi connectivity index (χ1) is 15.1. The van der Waals surface area contributed by atoms with Gasteiger partial charge in [-0.25, -0.2) is 9.78 Å². The van der Waals surface area contributed by atoms with Crippen LogP contribution in [0.25, 0.3) is 11.0 Å². The Hall–Kier alpha value is -2.91. The summed E-state index contributed by atoms with van der Waals surface area (Å²) in [5, 5.41) is 3.52. The van der Waals surface area contributed by atoms with E-state index in [-0.39, 0.29) is 17.6 Å². The van der Waals surface area contributed by atoms with Gasteiger partial charge in [-0.1, -0.05) is 17.8 Å². The summed E-state index contributed by atoms with van der Waals surface area (Å²) in [5.74, 6) is -0.248. The summed E-state index contributed by atoms with van der Waals surface area (Å²) in [5.41, 5.74) is 2.85. The lowest BCUT2D eigenvalue weighted by molar-refractivity contribution is -0.118. The smallest absolute Gasteiger partial charge is 0.338 e. The van der Waals surface area contributed by atoms with E-state index in [9.17, 15) is 9.59 Å². The molecule has 2 heterocycles. The molecule has 0 bridgehead atoms. The number of imidazole rings is 1. The van der Waals surface area contributed by atoms with Crippen molar-refractivity contribution in [3.05, 3.63) is 53.9 Å². The number of ether oxygens (including phenoxy) is 2. The van der Waals surface area contributed by atoms with Crippen LogP contribution in [-0.2, 0) is 20.8 Å². The first-order valence-electron chi connectivity index (χ1n) is 10.2. The first-order valence-corrected chi connectivity index (χ1v) is 11.2. The Balaban J connectivity index is 1.82. The molecule has 3 rings (SSSR count). The third-order valence-electron chi connectivity index (χ3n) is 4.38. The number of aromatic nitrogens is 3. The summed E-state index contributed by atoms with van der Waals surface area (Å²) in [7, 11) is 0. The SMILES string of the molecule is CCOCCNC(=O)CSc1nc2cc(C(=O)OCC)ccc2n1Cc1ccccn1. The highest BCUT2D eigenvalue weighted by Crippen LogP contribution is 2.26. The molecule has 0 aliphatic carbocycles. The van der Waals surface area contributed by atoms with Crippen LogP contribution in [0.15, 0.2) is 47.8 Å². The molecule has 0 spiro atoms. The normalized spacial score (nSPS) is 10.9. The predicted molar refractivity (Wildman–Crippen MR) is 119 cm³/mol. The Morgan fingerprint density at radius 2 is 2.03 bits per heavy atom. The van der Waals surface area contributed by atoms with E-state index in [2.05, 4.69) is 15.3 Å². The van der Waals surface area contributed by atoms with Crippen LogP contribution in [0.4, 0.5) is 0 Å². The standard InChI is InChI=1S/C22H26N4O4S/c1-3-29-12-11-24-20(27)15-31-22-25-18-13-16(21(28)30-4-2)8-9-19(18)26(22)14-17-7-5-6-10-23-17/h5-10,13H,3-4,11-12,14-15H2,1-2H3,(H,24,27). The zero-order valence-electron chi connectivity index (χ0n) is 17.7. The quantitative estimate of drug-likeness (QED) is 0.277. The van der Waals surface area contributed by atoms with E-state index in [1.807, 2.05) is 35.8 Å². The van der Waals surface area contributed by atoms with Gasteiger partial charge < -0.3 is 19.4 Å². The molecule has 3 aromatic rings. The number of fused-ring (bicyclic) bond motifs is 1. The molecule has 1 N–H and O–H groups in total. The van der Waals surface area contributed by atoms with Crippen molar-refractivity contribution >= 4 is 34.7 Å². The van der Waals surface area contributed by atoms with E-state index in [1.165, 1.54) is 11.8 Å². The van der Waals surface area contributed by atoms with Crippen molar-refractivity contribution in [3.63, 3.8) is 0 Å². The maximum Gasteiger partial charge on any atom is 0.338 e. The number of hydrogen-bond acceptors (Lipinski definition) is 7. The van der Waals surface area contributed by atoms with Gasteiger partial charge in [0, 0.05) is 19.3 Å². The minimum absolute atomic E-state index is 0.0895. The van der Waals surface area contributed by atoms with Gasteiger partial charge in [0.05, 0.1) is 47.8 Å². The average Bonchev–Trinajstić information content (AvgIpc) is 3.12. The van der Waals surface area contributed by atoms with E-state index < -0.39 is 0 Å². The van der Waals surface area contributed by atoms with Crippen molar-refractivity contribution in [2.45, 2.75) is 25.5 Å². The number of nitrogens with one attached hydrogen (secondary N) is 1. The van der Waals surface area contributed by atoms with Crippen LogP contribution >= 0.6 is 11.8 Å². The van der Waals surface area contributed by atoms with Crippen molar-refractivity contribution in [1.82, 2.24) is 19.9 Å². The van der Waals surface area contributed by atoms with Crippen LogP contribution < -0.4 is 5.32 Å². The molecule has 9 heteroatoms. The maximum absolute atomic E-state index is 12.2. The summed E-state index contributed by atoms with van der Waals surface area (Å²) in [6, 6.07) is 11.0. The molecule has 0 unspecified atom stereocenters. The van der Waals surface area contributed by atoms with Crippen molar-refractivity contribution in [2.75, 3.05) is 32.1 Å². The summed E-state index contributed by atoms with van der Waals surface area (Å²) in [6.45, 7) is 6.08. The molecule has 0 fully saturated rings. The van der Waals surface area contributed by atoms with E-state index in [1.54, 1.807) is 25.3 Å². The molecule has 1 aromatic carbocycles. The molecule has 0 aliphatic heterocycles. The van der Waals surface area contributed by atoms with Gasteiger partial charge in [0.2, 0.25) is 5.91 Å². The Morgan fingerprint density at radius 1 is 1.16 bits per heavy atom. The van der Waals surface area contributed by atoms with Gasteiger partial charge >= 0.3 is 5.97 Å². The summed E-state index contributed by atoms with van der Waals surface area (Å²) in [6.07, 6.45) is 1.74. The Kier molecular flexibility index (Phi) is 8.43. The molecule has 0 saturated carbocycles. The summed E-state index contributed by atoms with van der Waals surface area (Å²) >= 11 is 1.34. The lowest BCUT2D eigenvalue weighted by atomic mass is 10.2. The molecule has 1 amide bonds. The third-order valence-corrected chi connectivity index (χ3v) is 5.35. The van der Waals surface area contributed by atoms with E-state index in [4.69, 9.17) is 9.47 Å². The van der Waals surface area contributed by atoms with E-state index >= 15 is 0 Å². The monoisotopic (exact) mass is 442 g/mol. The predicted octanol–water partition coefficient (Wildman–Crippen LogP) is 2.90. The Bertz CT molecular complexity index is 1020. The molecule has 8 nitrogen and oxygen atoms in total. The number of amides is 1. The van der Waals surface area contributed by atoms with E-state index in [0.29, 0.717) is 49.1 Å². The van der Waals surface area contributed by atoms with Gasteiger partial charge in [-0.05, 0) is 44.2 Å². The van der Waals surface area contributed by atoms with Gasteiger partial charge in [0.15, 0.2) is 5.16 Å². The van der Waals surface area contributed by atoms with Gasteiger partial charge in [0.1, 0.15) is 0 Å². The fourth-order valence-electron chi connectivity index (χ4n) is 2.95. The van der Waals surface area contributed by atoms with Crippen molar-refractivity contribution in [3.8, 4) is 0 Å². The fraction of sp³-hybridized carbons (Fsp3) is 0.364. The van der Waals surface area contributed by atoms with Crippen molar-refractivity contribution in [1.29, 1.82) is 0 Å². The van der Waals surface area contributed by atoms with Crippen LogP contribution in [0.3, 0.4) is 0 Å². The molecule has 0 aliphatic rings. The molecule has 0 atom stereocenters. The number of hydrogen-bond donors (Lipinski definition) is 1. The minimum Gasteiger partial charge on any atom is -0.462 e.